The van der Waals surface area contributed by atoms with Crippen molar-refractivity contribution in [3.63, 3.8) is 0 Å². The van der Waals surface area contributed by atoms with Crippen LogP contribution in [0.4, 0.5) is 0 Å². The summed E-state index contributed by atoms with van der Waals surface area (Å²) in [5, 5.41) is 18.0. The zero-order valence-corrected chi connectivity index (χ0v) is 9.56. The number of Topliss-reactive ketones (excluding diaryl/α,β-unsaturated/α-hetero) is 1. The van der Waals surface area contributed by atoms with Gasteiger partial charge in [-0.05, 0) is 6.42 Å². The highest BCUT2D eigenvalue weighted by molar-refractivity contribution is 5.82. The lowest BCUT2D eigenvalue weighted by Gasteiger charge is -2.32. The highest BCUT2D eigenvalue weighted by Gasteiger charge is 2.27. The minimum atomic E-state index is -0.993. The van der Waals surface area contributed by atoms with Crippen LogP contribution in [0.3, 0.4) is 0 Å². The summed E-state index contributed by atoms with van der Waals surface area (Å²) in [6.45, 7) is 3.59. The number of rotatable bonds is 5. The van der Waals surface area contributed by atoms with E-state index >= 15 is 0 Å². The Hall–Kier alpha value is -0.940. The van der Waals surface area contributed by atoms with E-state index in [0.717, 1.165) is 6.42 Å². The van der Waals surface area contributed by atoms with Gasteiger partial charge in [0.2, 0.25) is 0 Å². The second kappa shape index (κ2) is 5.96. The van der Waals surface area contributed by atoms with Crippen LogP contribution in [0.2, 0.25) is 0 Å². The number of ketones is 1. The van der Waals surface area contributed by atoms with Gasteiger partial charge in [-0.15, -0.1) is 0 Å². The smallest absolute Gasteiger partial charge is 0.306 e. The standard InChI is InChI=1S/C11H19NO4/c1-2-8-6-12(4-3-10(8)14)7-9(13)5-11(15)16/h8-9,13H,2-7H2,1H3,(H,15,16). The van der Waals surface area contributed by atoms with Gasteiger partial charge in [-0.1, -0.05) is 6.92 Å². The van der Waals surface area contributed by atoms with Crippen LogP contribution in [-0.2, 0) is 9.59 Å². The molecule has 1 aliphatic heterocycles. The maximum atomic E-state index is 11.5. The number of piperidine rings is 1. The van der Waals surface area contributed by atoms with E-state index in [-0.39, 0.29) is 18.1 Å². The molecule has 2 atom stereocenters. The van der Waals surface area contributed by atoms with Gasteiger partial charge in [0.15, 0.2) is 0 Å². The summed E-state index contributed by atoms with van der Waals surface area (Å²) in [5.41, 5.74) is 0. The summed E-state index contributed by atoms with van der Waals surface area (Å²) < 4.78 is 0. The van der Waals surface area contributed by atoms with Crippen LogP contribution in [0.1, 0.15) is 26.2 Å². The molecule has 0 radical (unpaired) electrons. The molecule has 92 valence electrons. The van der Waals surface area contributed by atoms with Gasteiger partial charge in [-0.2, -0.15) is 0 Å². The third-order valence-corrected chi connectivity index (χ3v) is 2.98. The average molecular weight is 229 g/mol. The van der Waals surface area contributed by atoms with Crippen LogP contribution in [-0.4, -0.2) is 52.6 Å². The number of aliphatic hydroxyl groups is 1. The van der Waals surface area contributed by atoms with Gasteiger partial charge in [0.1, 0.15) is 5.78 Å². The predicted octanol–water partition coefficient (Wildman–Crippen LogP) is 0.123. The lowest BCUT2D eigenvalue weighted by molar-refractivity contribution is -0.140. The van der Waals surface area contributed by atoms with Crippen LogP contribution < -0.4 is 0 Å². The van der Waals surface area contributed by atoms with Crippen LogP contribution in [0.25, 0.3) is 0 Å². The number of carboxylic acids is 1. The summed E-state index contributed by atoms with van der Waals surface area (Å²) in [6.07, 6.45) is 0.243. The number of aliphatic hydroxyl groups excluding tert-OH is 1. The van der Waals surface area contributed by atoms with E-state index < -0.39 is 12.1 Å². The second-order valence-corrected chi connectivity index (χ2v) is 4.33. The summed E-state index contributed by atoms with van der Waals surface area (Å²) in [6, 6.07) is 0. The molecule has 0 aromatic carbocycles. The zero-order valence-electron chi connectivity index (χ0n) is 9.56. The molecule has 0 aliphatic carbocycles. The largest absolute Gasteiger partial charge is 0.481 e. The van der Waals surface area contributed by atoms with Gasteiger partial charge in [0, 0.05) is 32.0 Å². The van der Waals surface area contributed by atoms with Crippen molar-refractivity contribution in [3.8, 4) is 0 Å². The van der Waals surface area contributed by atoms with Crippen LogP contribution in [0.15, 0.2) is 0 Å². The molecule has 0 aromatic rings. The summed E-state index contributed by atoms with van der Waals surface area (Å²) in [7, 11) is 0. The van der Waals surface area contributed by atoms with Crippen molar-refractivity contribution < 1.29 is 19.8 Å². The van der Waals surface area contributed by atoms with Crippen molar-refractivity contribution >= 4 is 11.8 Å². The minimum Gasteiger partial charge on any atom is -0.481 e. The fourth-order valence-electron chi connectivity index (χ4n) is 2.06. The maximum Gasteiger partial charge on any atom is 0.306 e. The molecule has 0 aromatic heterocycles. The molecule has 1 fully saturated rings. The van der Waals surface area contributed by atoms with Crippen molar-refractivity contribution in [2.24, 2.45) is 5.92 Å². The molecule has 1 rings (SSSR count). The first-order chi connectivity index (χ1) is 7.52. The molecule has 5 heteroatoms. The Morgan fingerprint density at radius 2 is 2.31 bits per heavy atom. The van der Waals surface area contributed by atoms with Crippen molar-refractivity contribution in [1.29, 1.82) is 0 Å². The summed E-state index contributed by atoms with van der Waals surface area (Å²) >= 11 is 0. The van der Waals surface area contributed by atoms with Crippen molar-refractivity contribution in [3.05, 3.63) is 0 Å². The predicted molar refractivity (Wildman–Crippen MR) is 58.1 cm³/mol. The highest BCUT2D eigenvalue weighted by atomic mass is 16.4. The van der Waals surface area contributed by atoms with Crippen LogP contribution in [0.5, 0.6) is 0 Å². The second-order valence-electron chi connectivity index (χ2n) is 4.33. The Kier molecular flexibility index (Phi) is 4.89. The molecule has 1 saturated heterocycles. The van der Waals surface area contributed by atoms with Gasteiger partial charge in [0.25, 0.3) is 0 Å². The van der Waals surface area contributed by atoms with Crippen molar-refractivity contribution in [1.82, 2.24) is 4.90 Å². The molecule has 2 N–H and O–H groups in total. The molecular weight excluding hydrogens is 210 g/mol. The first kappa shape index (κ1) is 13.1. The molecule has 5 nitrogen and oxygen atoms in total. The highest BCUT2D eigenvalue weighted by Crippen LogP contribution is 2.16. The lowest BCUT2D eigenvalue weighted by atomic mass is 9.94. The molecular formula is C11H19NO4. The lowest BCUT2D eigenvalue weighted by Crippen LogP contribution is -2.44. The van der Waals surface area contributed by atoms with Gasteiger partial charge in [-0.3, -0.25) is 14.5 Å². The molecule has 0 spiro atoms. The number of nitrogens with zero attached hydrogens (tertiary/aromatic N) is 1. The van der Waals surface area contributed by atoms with E-state index in [1.807, 2.05) is 11.8 Å². The van der Waals surface area contributed by atoms with Gasteiger partial charge in [0.05, 0.1) is 12.5 Å². The normalized spacial score (nSPS) is 24.4. The number of hydrogen-bond donors (Lipinski definition) is 2. The Morgan fingerprint density at radius 3 is 2.88 bits per heavy atom. The van der Waals surface area contributed by atoms with E-state index in [2.05, 4.69) is 0 Å². The van der Waals surface area contributed by atoms with E-state index in [1.165, 1.54) is 0 Å². The number of carbonyl (C=O) groups excluding carboxylic acids is 1. The third kappa shape index (κ3) is 3.90. The Morgan fingerprint density at radius 1 is 1.62 bits per heavy atom. The van der Waals surface area contributed by atoms with E-state index in [1.54, 1.807) is 0 Å². The quantitative estimate of drug-likeness (QED) is 0.700. The first-order valence-electron chi connectivity index (χ1n) is 5.67. The Balaban J connectivity index is 2.38. The topological polar surface area (TPSA) is 77.8 Å². The van der Waals surface area contributed by atoms with Crippen molar-refractivity contribution in [2.75, 3.05) is 19.6 Å². The SMILES string of the molecule is CCC1CN(CC(O)CC(=O)O)CCC1=O. The molecule has 1 heterocycles. The fraction of sp³-hybridized carbons (Fsp3) is 0.818. The van der Waals surface area contributed by atoms with E-state index in [4.69, 9.17) is 5.11 Å². The Labute approximate surface area is 95.1 Å². The van der Waals surface area contributed by atoms with Gasteiger partial charge in [-0.25, -0.2) is 0 Å². The van der Waals surface area contributed by atoms with Gasteiger partial charge >= 0.3 is 5.97 Å². The Bertz CT molecular complexity index is 267. The monoisotopic (exact) mass is 229 g/mol. The van der Waals surface area contributed by atoms with Gasteiger partial charge < -0.3 is 10.2 Å². The van der Waals surface area contributed by atoms with Crippen LogP contribution in [0, 0.1) is 5.92 Å². The molecule has 16 heavy (non-hydrogen) atoms. The number of likely N-dealkylation sites (tertiary alicyclic amines) is 1. The van der Waals surface area contributed by atoms with Crippen molar-refractivity contribution in [2.45, 2.75) is 32.3 Å². The maximum absolute atomic E-state index is 11.5. The van der Waals surface area contributed by atoms with Crippen LogP contribution >= 0.6 is 0 Å². The molecule has 2 unspecified atom stereocenters. The molecule has 0 saturated carbocycles. The zero-order chi connectivity index (χ0) is 12.1. The summed E-state index contributed by atoms with van der Waals surface area (Å²) in [4.78, 5) is 23.8. The van der Waals surface area contributed by atoms with E-state index in [9.17, 15) is 14.7 Å². The third-order valence-electron chi connectivity index (χ3n) is 2.98. The number of carboxylic acid groups (broad SMARTS) is 1. The molecule has 0 amide bonds. The van der Waals surface area contributed by atoms with E-state index in [0.29, 0.717) is 26.1 Å². The first-order valence-corrected chi connectivity index (χ1v) is 5.67. The molecule has 0 bridgehead atoms. The average Bonchev–Trinajstić information content (AvgIpc) is 2.19. The number of aliphatic carboxylic acids is 1. The number of β-amino-alcohol motifs (C(OH)–C–C–N with tert-alkyl or cyclic N) is 1. The minimum absolute atomic E-state index is 0.0470. The number of hydrogen-bond acceptors (Lipinski definition) is 4. The number of carbonyl (C=O) groups is 2. The summed E-state index contributed by atoms with van der Waals surface area (Å²) in [5.74, 6) is -0.662. The fourth-order valence-corrected chi connectivity index (χ4v) is 2.06. The molecule has 1 aliphatic rings.